The maximum Gasteiger partial charge on any atom is 0.263 e. The van der Waals surface area contributed by atoms with Crippen LogP contribution in [-0.4, -0.2) is 40.1 Å². The lowest BCUT2D eigenvalue weighted by molar-refractivity contribution is -0.142. The van der Waals surface area contributed by atoms with Crippen LogP contribution in [0.1, 0.15) is 18.7 Å². The summed E-state index contributed by atoms with van der Waals surface area (Å²) < 4.78 is 11.0. The minimum atomic E-state index is -0.521. The number of amides is 1. The number of benzene rings is 1. The van der Waals surface area contributed by atoms with Gasteiger partial charge in [-0.25, -0.2) is 0 Å². The van der Waals surface area contributed by atoms with Gasteiger partial charge in [0.15, 0.2) is 6.10 Å². The Kier molecular flexibility index (Phi) is 4.23. The monoisotopic (exact) mass is 355 g/mol. The van der Waals surface area contributed by atoms with Crippen molar-refractivity contribution in [2.24, 2.45) is 0 Å². The summed E-state index contributed by atoms with van der Waals surface area (Å²) in [6.45, 7) is 2.92. The number of nitrogens with zero attached hydrogens (tertiary/aromatic N) is 3. The van der Waals surface area contributed by atoms with Crippen molar-refractivity contribution in [3.8, 4) is 17.1 Å². The summed E-state index contributed by atoms with van der Waals surface area (Å²) in [6, 6.07) is 11.3. The maximum absolute atomic E-state index is 12.4. The van der Waals surface area contributed by atoms with E-state index in [9.17, 15) is 4.79 Å². The van der Waals surface area contributed by atoms with Gasteiger partial charge in [0.1, 0.15) is 5.75 Å². The molecule has 3 heterocycles. The average Bonchev–Trinajstić information content (AvgIpc) is 3.25. The predicted octanol–water partition coefficient (Wildman–Crippen LogP) is 3.19. The fourth-order valence-corrected chi connectivity index (χ4v) is 3.37. The lowest BCUT2D eigenvalue weighted by atomic mass is 9.99. The minimum Gasteiger partial charge on any atom is -0.481 e. The summed E-state index contributed by atoms with van der Waals surface area (Å²) in [5.41, 5.74) is 0.956. The number of para-hydroxylation sites is 1. The summed E-state index contributed by atoms with van der Waals surface area (Å²) in [4.78, 5) is 18.6. The SMILES string of the molecule is CC(Oc1ccccc1)C(=O)N1CC(c2nc(-c3ccsc3)no2)C1. The molecule has 1 saturated heterocycles. The van der Waals surface area contributed by atoms with Gasteiger partial charge in [0.25, 0.3) is 5.91 Å². The third-order valence-electron chi connectivity index (χ3n) is 4.17. The highest BCUT2D eigenvalue weighted by Gasteiger charge is 2.37. The molecule has 3 aromatic rings. The topological polar surface area (TPSA) is 68.5 Å². The van der Waals surface area contributed by atoms with Crippen molar-refractivity contribution >= 4 is 17.2 Å². The fraction of sp³-hybridized carbons (Fsp3) is 0.278. The number of rotatable bonds is 5. The molecule has 0 N–H and O–H groups in total. The van der Waals surface area contributed by atoms with Gasteiger partial charge in [-0.05, 0) is 30.5 Å². The first kappa shape index (κ1) is 15.8. The molecule has 0 saturated carbocycles. The lowest BCUT2D eigenvalue weighted by Crippen LogP contribution is -2.52. The first-order valence-corrected chi connectivity index (χ1v) is 9.01. The molecular formula is C18H17N3O3S. The number of aromatic nitrogens is 2. The van der Waals surface area contributed by atoms with Gasteiger partial charge < -0.3 is 14.2 Å². The smallest absolute Gasteiger partial charge is 0.263 e. The second kappa shape index (κ2) is 6.68. The zero-order valence-corrected chi connectivity index (χ0v) is 14.5. The van der Waals surface area contributed by atoms with Crippen LogP contribution in [0.4, 0.5) is 0 Å². The van der Waals surface area contributed by atoms with Crippen molar-refractivity contribution in [2.75, 3.05) is 13.1 Å². The molecule has 0 spiro atoms. The summed E-state index contributed by atoms with van der Waals surface area (Å²) in [5.74, 6) is 1.94. The highest BCUT2D eigenvalue weighted by molar-refractivity contribution is 7.08. The zero-order chi connectivity index (χ0) is 17.2. The van der Waals surface area contributed by atoms with E-state index in [0.29, 0.717) is 30.6 Å². The van der Waals surface area contributed by atoms with Crippen molar-refractivity contribution in [3.63, 3.8) is 0 Å². The largest absolute Gasteiger partial charge is 0.481 e. The van der Waals surface area contributed by atoms with Crippen LogP contribution < -0.4 is 4.74 Å². The molecule has 7 heteroatoms. The fourth-order valence-electron chi connectivity index (χ4n) is 2.74. The van der Waals surface area contributed by atoms with Crippen molar-refractivity contribution in [1.82, 2.24) is 15.0 Å². The highest BCUT2D eigenvalue weighted by atomic mass is 32.1. The Balaban J connectivity index is 1.33. The van der Waals surface area contributed by atoms with E-state index < -0.39 is 6.10 Å². The van der Waals surface area contributed by atoms with Crippen LogP contribution in [0.5, 0.6) is 5.75 Å². The van der Waals surface area contributed by atoms with Crippen LogP contribution in [0.15, 0.2) is 51.7 Å². The molecule has 0 aliphatic carbocycles. The molecule has 1 aromatic carbocycles. The lowest BCUT2D eigenvalue weighted by Gasteiger charge is -2.38. The van der Waals surface area contributed by atoms with Gasteiger partial charge >= 0.3 is 0 Å². The van der Waals surface area contributed by atoms with Crippen LogP contribution >= 0.6 is 11.3 Å². The van der Waals surface area contributed by atoms with Crippen molar-refractivity contribution < 1.29 is 14.1 Å². The van der Waals surface area contributed by atoms with Gasteiger partial charge in [0, 0.05) is 24.0 Å². The molecule has 1 amide bonds. The van der Waals surface area contributed by atoms with Crippen molar-refractivity contribution in [3.05, 3.63) is 53.0 Å². The van der Waals surface area contributed by atoms with Gasteiger partial charge in [-0.2, -0.15) is 16.3 Å². The first-order chi connectivity index (χ1) is 12.2. The molecule has 6 nitrogen and oxygen atoms in total. The normalized spacial score (nSPS) is 15.6. The Labute approximate surface area is 149 Å². The molecule has 2 aromatic heterocycles. The molecule has 1 fully saturated rings. The Morgan fingerprint density at radius 1 is 1.32 bits per heavy atom. The van der Waals surface area contributed by atoms with Gasteiger partial charge in [0.2, 0.25) is 11.7 Å². The second-order valence-corrected chi connectivity index (χ2v) is 6.76. The standard InChI is InChI=1S/C18H17N3O3S/c1-12(23-15-5-3-2-4-6-15)18(22)21-9-14(10-21)17-19-16(20-24-17)13-7-8-25-11-13/h2-8,11-12,14H,9-10H2,1H3. The number of carbonyl (C=O) groups is 1. The summed E-state index contributed by atoms with van der Waals surface area (Å²) in [6.07, 6.45) is -0.521. The molecule has 1 aliphatic rings. The number of carbonyl (C=O) groups excluding carboxylic acids is 1. The Hall–Kier alpha value is -2.67. The molecule has 0 radical (unpaired) electrons. The van der Waals surface area contributed by atoms with Crippen LogP contribution in [0.3, 0.4) is 0 Å². The molecule has 1 unspecified atom stereocenters. The van der Waals surface area contributed by atoms with E-state index in [4.69, 9.17) is 9.26 Å². The van der Waals surface area contributed by atoms with E-state index >= 15 is 0 Å². The minimum absolute atomic E-state index is 0.0299. The van der Waals surface area contributed by atoms with Gasteiger partial charge in [-0.15, -0.1) is 0 Å². The van der Waals surface area contributed by atoms with Gasteiger partial charge in [-0.3, -0.25) is 4.79 Å². The average molecular weight is 355 g/mol. The molecule has 25 heavy (non-hydrogen) atoms. The number of ether oxygens (including phenoxy) is 1. The number of hydrogen-bond acceptors (Lipinski definition) is 6. The van der Waals surface area contributed by atoms with E-state index in [1.165, 1.54) is 0 Å². The highest BCUT2D eigenvalue weighted by Crippen LogP contribution is 2.29. The molecule has 4 rings (SSSR count). The predicted molar refractivity (Wildman–Crippen MR) is 93.5 cm³/mol. The van der Waals surface area contributed by atoms with E-state index in [2.05, 4.69) is 10.1 Å². The van der Waals surface area contributed by atoms with Gasteiger partial charge in [-0.1, -0.05) is 23.4 Å². The Morgan fingerprint density at radius 2 is 2.12 bits per heavy atom. The summed E-state index contributed by atoms with van der Waals surface area (Å²) in [5, 5.41) is 7.97. The number of likely N-dealkylation sites (tertiary alicyclic amines) is 1. The van der Waals surface area contributed by atoms with Crippen LogP contribution in [0.2, 0.25) is 0 Å². The summed E-state index contributed by atoms with van der Waals surface area (Å²) >= 11 is 1.59. The third kappa shape index (κ3) is 3.28. The number of hydrogen-bond donors (Lipinski definition) is 0. The zero-order valence-electron chi connectivity index (χ0n) is 13.7. The molecule has 128 valence electrons. The second-order valence-electron chi connectivity index (χ2n) is 5.98. The van der Waals surface area contributed by atoms with Crippen molar-refractivity contribution in [1.29, 1.82) is 0 Å². The molecule has 0 bridgehead atoms. The molecule has 1 aliphatic heterocycles. The first-order valence-electron chi connectivity index (χ1n) is 8.07. The molecule has 1 atom stereocenters. The molecular weight excluding hydrogens is 338 g/mol. The summed E-state index contributed by atoms with van der Waals surface area (Å²) in [7, 11) is 0. The Morgan fingerprint density at radius 3 is 2.84 bits per heavy atom. The van der Waals surface area contributed by atoms with E-state index in [1.807, 2.05) is 47.2 Å². The van der Waals surface area contributed by atoms with Crippen LogP contribution in [0.25, 0.3) is 11.4 Å². The maximum atomic E-state index is 12.4. The number of thiophene rings is 1. The van der Waals surface area contributed by atoms with Crippen molar-refractivity contribution in [2.45, 2.75) is 18.9 Å². The van der Waals surface area contributed by atoms with E-state index in [0.717, 1.165) is 5.56 Å². The van der Waals surface area contributed by atoms with Gasteiger partial charge in [0.05, 0.1) is 5.92 Å². The Bertz CT molecular complexity index is 842. The van der Waals surface area contributed by atoms with E-state index in [1.54, 1.807) is 23.2 Å². The van der Waals surface area contributed by atoms with E-state index in [-0.39, 0.29) is 11.8 Å². The van der Waals surface area contributed by atoms with Crippen LogP contribution in [-0.2, 0) is 4.79 Å². The van der Waals surface area contributed by atoms with Crippen LogP contribution in [0, 0.1) is 0 Å². The third-order valence-corrected chi connectivity index (χ3v) is 4.85. The quantitative estimate of drug-likeness (QED) is 0.703.